The number of para-hydroxylation sites is 2. The van der Waals surface area contributed by atoms with Gasteiger partial charge < -0.3 is 9.40 Å². The van der Waals surface area contributed by atoms with Crippen LogP contribution in [0, 0.1) is 0 Å². The summed E-state index contributed by atoms with van der Waals surface area (Å²) in [5.41, 5.74) is 4.19. The minimum atomic E-state index is 0.945. The molecule has 0 aliphatic heterocycles. The summed E-state index contributed by atoms with van der Waals surface area (Å²) in [6.45, 7) is 0. The van der Waals surface area contributed by atoms with Crippen LogP contribution in [0.1, 0.15) is 0 Å². The number of aromatic amines is 1. The molecule has 2 heterocycles. The normalized spacial score (nSPS) is 12.0. The fourth-order valence-electron chi connectivity index (χ4n) is 3.12. The molecule has 3 aromatic carbocycles. The molecule has 0 bridgehead atoms. The van der Waals surface area contributed by atoms with E-state index in [4.69, 9.17) is 4.42 Å². The summed E-state index contributed by atoms with van der Waals surface area (Å²) in [6.07, 6.45) is 0. The molecule has 0 spiro atoms. The highest BCUT2D eigenvalue weighted by Crippen LogP contribution is 2.37. The van der Waals surface area contributed by atoms with Crippen LogP contribution in [0.3, 0.4) is 0 Å². The fourth-order valence-corrected chi connectivity index (χ4v) is 3.12. The smallest absolute Gasteiger partial charge is 0.145 e. The Bertz CT molecular complexity index is 1100. The zero-order valence-corrected chi connectivity index (χ0v) is 10.7. The predicted molar refractivity (Wildman–Crippen MR) is 83.1 cm³/mol. The molecule has 0 aliphatic rings. The zero-order valence-electron chi connectivity index (χ0n) is 10.7. The molecule has 0 saturated carbocycles. The van der Waals surface area contributed by atoms with Crippen LogP contribution in [0.5, 0.6) is 0 Å². The van der Waals surface area contributed by atoms with Crippen molar-refractivity contribution in [1.82, 2.24) is 4.98 Å². The van der Waals surface area contributed by atoms with E-state index in [9.17, 15) is 0 Å². The molecule has 0 atom stereocenters. The molecule has 20 heavy (non-hydrogen) atoms. The molecular weight excluding hydrogens is 246 g/mol. The van der Waals surface area contributed by atoms with Gasteiger partial charge in [-0.1, -0.05) is 36.4 Å². The molecule has 0 unspecified atom stereocenters. The third kappa shape index (κ3) is 1.14. The van der Waals surface area contributed by atoms with Gasteiger partial charge in [-0.05, 0) is 24.3 Å². The largest absolute Gasteiger partial charge is 0.455 e. The van der Waals surface area contributed by atoms with E-state index in [1.807, 2.05) is 18.2 Å². The SMILES string of the molecule is c1ccc2c(c1)[nH]c1ccc3c4ccccc4oc3c12. The summed E-state index contributed by atoms with van der Waals surface area (Å²) in [5, 5.41) is 4.74. The van der Waals surface area contributed by atoms with E-state index in [0.717, 1.165) is 22.2 Å². The van der Waals surface area contributed by atoms with Crippen LogP contribution >= 0.6 is 0 Å². The molecule has 5 rings (SSSR count). The van der Waals surface area contributed by atoms with Crippen molar-refractivity contribution in [2.45, 2.75) is 0 Å². The number of aromatic nitrogens is 1. The first-order valence-electron chi connectivity index (χ1n) is 6.72. The minimum absolute atomic E-state index is 0.945. The first-order chi connectivity index (χ1) is 9.92. The zero-order chi connectivity index (χ0) is 13.1. The van der Waals surface area contributed by atoms with Crippen molar-refractivity contribution < 1.29 is 4.42 Å². The lowest BCUT2D eigenvalue weighted by Gasteiger charge is -1.93. The Morgan fingerprint density at radius 2 is 1.45 bits per heavy atom. The number of fused-ring (bicyclic) bond motifs is 7. The molecule has 5 aromatic rings. The Hall–Kier alpha value is -2.74. The molecular formula is C18H11NO. The molecule has 0 fully saturated rings. The number of benzene rings is 3. The van der Waals surface area contributed by atoms with E-state index in [2.05, 4.69) is 47.4 Å². The third-order valence-electron chi connectivity index (χ3n) is 4.01. The number of nitrogens with one attached hydrogen (secondary N) is 1. The summed E-state index contributed by atoms with van der Waals surface area (Å²) in [5.74, 6) is 0. The Labute approximate surface area is 114 Å². The lowest BCUT2D eigenvalue weighted by atomic mass is 10.1. The minimum Gasteiger partial charge on any atom is -0.455 e. The highest BCUT2D eigenvalue weighted by molar-refractivity contribution is 6.22. The topological polar surface area (TPSA) is 28.9 Å². The van der Waals surface area contributed by atoms with Crippen LogP contribution in [0.2, 0.25) is 0 Å². The van der Waals surface area contributed by atoms with Crippen LogP contribution in [-0.4, -0.2) is 4.98 Å². The molecule has 1 N–H and O–H groups in total. The van der Waals surface area contributed by atoms with Crippen LogP contribution < -0.4 is 0 Å². The van der Waals surface area contributed by atoms with Gasteiger partial charge in [-0.15, -0.1) is 0 Å². The number of hydrogen-bond acceptors (Lipinski definition) is 1. The van der Waals surface area contributed by atoms with Crippen molar-refractivity contribution in [3.63, 3.8) is 0 Å². The van der Waals surface area contributed by atoms with Gasteiger partial charge in [0.05, 0.1) is 10.9 Å². The Balaban J connectivity index is 2.14. The summed E-state index contributed by atoms with van der Waals surface area (Å²) >= 11 is 0. The van der Waals surface area contributed by atoms with E-state index in [1.54, 1.807) is 0 Å². The summed E-state index contributed by atoms with van der Waals surface area (Å²) in [7, 11) is 0. The summed E-state index contributed by atoms with van der Waals surface area (Å²) in [4.78, 5) is 3.45. The molecule has 94 valence electrons. The molecule has 2 aromatic heterocycles. The van der Waals surface area contributed by atoms with Crippen LogP contribution in [0.25, 0.3) is 43.7 Å². The highest BCUT2D eigenvalue weighted by atomic mass is 16.3. The van der Waals surface area contributed by atoms with E-state index >= 15 is 0 Å². The molecule has 0 saturated heterocycles. The van der Waals surface area contributed by atoms with Crippen LogP contribution in [-0.2, 0) is 0 Å². The summed E-state index contributed by atoms with van der Waals surface area (Å²) in [6, 6.07) is 20.8. The van der Waals surface area contributed by atoms with Gasteiger partial charge in [0.2, 0.25) is 0 Å². The second kappa shape index (κ2) is 3.42. The van der Waals surface area contributed by atoms with Gasteiger partial charge in [0.1, 0.15) is 11.2 Å². The standard InChI is InChI=1S/C18H11NO/c1-3-7-14-13(6-1)17-15(19-14)10-9-12-11-5-2-4-8-16(11)20-18(12)17/h1-10,19H. The van der Waals surface area contributed by atoms with E-state index in [-0.39, 0.29) is 0 Å². The lowest BCUT2D eigenvalue weighted by molar-refractivity contribution is 0.673. The van der Waals surface area contributed by atoms with Crippen molar-refractivity contribution in [2.24, 2.45) is 0 Å². The monoisotopic (exact) mass is 257 g/mol. The van der Waals surface area contributed by atoms with Gasteiger partial charge >= 0.3 is 0 Å². The number of furan rings is 1. The Morgan fingerprint density at radius 1 is 0.650 bits per heavy atom. The number of rotatable bonds is 0. The maximum atomic E-state index is 6.11. The maximum Gasteiger partial charge on any atom is 0.145 e. The molecule has 2 heteroatoms. The first kappa shape index (κ1) is 10.1. The van der Waals surface area contributed by atoms with E-state index < -0.39 is 0 Å². The highest BCUT2D eigenvalue weighted by Gasteiger charge is 2.13. The van der Waals surface area contributed by atoms with Crippen molar-refractivity contribution in [1.29, 1.82) is 0 Å². The van der Waals surface area contributed by atoms with Crippen LogP contribution in [0.4, 0.5) is 0 Å². The Kier molecular flexibility index (Phi) is 1.73. The van der Waals surface area contributed by atoms with E-state index in [0.29, 0.717) is 0 Å². The predicted octanol–water partition coefficient (Wildman–Crippen LogP) is 5.22. The molecule has 2 nitrogen and oxygen atoms in total. The Morgan fingerprint density at radius 3 is 2.40 bits per heavy atom. The number of hydrogen-bond donors (Lipinski definition) is 1. The van der Waals surface area contributed by atoms with Crippen molar-refractivity contribution in [3.05, 3.63) is 60.7 Å². The van der Waals surface area contributed by atoms with E-state index in [1.165, 1.54) is 21.5 Å². The quantitative estimate of drug-likeness (QED) is 0.405. The van der Waals surface area contributed by atoms with Crippen LogP contribution in [0.15, 0.2) is 65.1 Å². The van der Waals surface area contributed by atoms with Crippen molar-refractivity contribution >= 4 is 43.7 Å². The van der Waals surface area contributed by atoms with Gasteiger partial charge in [0.15, 0.2) is 0 Å². The van der Waals surface area contributed by atoms with Gasteiger partial charge in [-0.3, -0.25) is 0 Å². The van der Waals surface area contributed by atoms with Crippen molar-refractivity contribution in [2.75, 3.05) is 0 Å². The average molecular weight is 257 g/mol. The first-order valence-corrected chi connectivity index (χ1v) is 6.72. The second-order valence-electron chi connectivity index (χ2n) is 5.13. The molecule has 0 aliphatic carbocycles. The van der Waals surface area contributed by atoms with Gasteiger partial charge in [-0.2, -0.15) is 0 Å². The van der Waals surface area contributed by atoms with Crippen molar-refractivity contribution in [3.8, 4) is 0 Å². The third-order valence-corrected chi connectivity index (χ3v) is 4.01. The average Bonchev–Trinajstić information content (AvgIpc) is 3.04. The van der Waals surface area contributed by atoms with Gasteiger partial charge in [-0.25, -0.2) is 0 Å². The second-order valence-corrected chi connectivity index (χ2v) is 5.13. The lowest BCUT2D eigenvalue weighted by Crippen LogP contribution is -1.69. The van der Waals surface area contributed by atoms with Gasteiger partial charge in [0.25, 0.3) is 0 Å². The fraction of sp³-hybridized carbons (Fsp3) is 0. The molecule has 0 radical (unpaired) electrons. The van der Waals surface area contributed by atoms with Gasteiger partial charge in [0, 0.05) is 21.7 Å². The maximum absolute atomic E-state index is 6.11. The number of H-pyrrole nitrogens is 1. The summed E-state index contributed by atoms with van der Waals surface area (Å²) < 4.78 is 6.11. The molecule has 0 amide bonds.